The van der Waals surface area contributed by atoms with Crippen molar-refractivity contribution in [3.05, 3.63) is 47.3 Å². The summed E-state index contributed by atoms with van der Waals surface area (Å²) >= 11 is 0. The third kappa shape index (κ3) is 2.33. The van der Waals surface area contributed by atoms with Crippen molar-refractivity contribution in [2.75, 3.05) is 11.4 Å². The van der Waals surface area contributed by atoms with E-state index in [1.165, 1.54) is 22.3 Å². The number of fused-ring (bicyclic) bond motifs is 1. The van der Waals surface area contributed by atoms with Crippen molar-refractivity contribution in [3.8, 4) is 11.1 Å². The van der Waals surface area contributed by atoms with Gasteiger partial charge in [0, 0.05) is 24.5 Å². The van der Waals surface area contributed by atoms with Crippen LogP contribution in [0.1, 0.15) is 30.0 Å². The molecule has 0 saturated carbocycles. The van der Waals surface area contributed by atoms with Gasteiger partial charge in [0.25, 0.3) is 0 Å². The number of anilines is 1. The first-order chi connectivity index (χ1) is 10.3. The van der Waals surface area contributed by atoms with E-state index in [9.17, 15) is 4.79 Å². The van der Waals surface area contributed by atoms with Crippen LogP contribution in [0.25, 0.3) is 11.1 Å². The summed E-state index contributed by atoms with van der Waals surface area (Å²) in [6.45, 7) is 5.13. The molecule has 2 heterocycles. The zero-order valence-electron chi connectivity index (χ0n) is 12.6. The number of carbonyl (C=O) groups excluding carboxylic acids is 1. The molecule has 1 aliphatic rings. The fourth-order valence-electron chi connectivity index (χ4n) is 3.28. The summed E-state index contributed by atoms with van der Waals surface area (Å²) in [7, 11) is 0. The highest BCUT2D eigenvalue weighted by Crippen LogP contribution is 2.39. The fourth-order valence-corrected chi connectivity index (χ4v) is 3.28. The van der Waals surface area contributed by atoms with Gasteiger partial charge in [0.2, 0.25) is 6.41 Å². The van der Waals surface area contributed by atoms with Gasteiger partial charge in [-0.2, -0.15) is 0 Å². The maximum atomic E-state index is 11.3. The van der Waals surface area contributed by atoms with E-state index in [0.29, 0.717) is 0 Å². The molecule has 3 nitrogen and oxygen atoms in total. The van der Waals surface area contributed by atoms with Gasteiger partial charge in [-0.15, -0.1) is 0 Å². The van der Waals surface area contributed by atoms with Gasteiger partial charge in [0.05, 0.1) is 5.69 Å². The van der Waals surface area contributed by atoms with Crippen LogP contribution < -0.4 is 4.90 Å². The predicted molar refractivity (Wildman–Crippen MR) is 85.5 cm³/mol. The number of pyridine rings is 1. The summed E-state index contributed by atoms with van der Waals surface area (Å²) in [4.78, 5) is 17.4. The molecule has 1 aromatic carbocycles. The molecule has 0 aliphatic carbocycles. The lowest BCUT2D eigenvalue weighted by Gasteiger charge is -2.19. The average molecular weight is 280 g/mol. The Bertz CT molecular complexity index is 665. The second kappa shape index (κ2) is 5.68. The molecule has 0 N–H and O–H groups in total. The molecular formula is C18H20N2O. The number of carbonyl (C=O) groups is 1. The molecule has 3 rings (SSSR count). The first-order valence-corrected chi connectivity index (χ1v) is 7.54. The molecular weight excluding hydrogens is 260 g/mol. The second-order valence-corrected chi connectivity index (χ2v) is 5.58. The molecule has 0 unspecified atom stereocenters. The number of aromatic nitrogens is 1. The molecule has 3 heteroatoms. The minimum Gasteiger partial charge on any atom is -0.314 e. The quantitative estimate of drug-likeness (QED) is 0.803. The Kier molecular flexibility index (Phi) is 3.74. The minimum absolute atomic E-state index is 0.798. The lowest BCUT2D eigenvalue weighted by molar-refractivity contribution is -0.107. The van der Waals surface area contributed by atoms with Crippen molar-refractivity contribution in [3.63, 3.8) is 0 Å². The average Bonchev–Trinajstić information content (AvgIpc) is 2.96. The SMILES string of the molecule is CCCc1cc(-c2cccnc2)c(C)c2c1N(C=O)CC2. The third-order valence-corrected chi connectivity index (χ3v) is 4.27. The van der Waals surface area contributed by atoms with E-state index in [0.717, 1.165) is 43.5 Å². The summed E-state index contributed by atoms with van der Waals surface area (Å²) in [5.41, 5.74) is 7.44. The summed E-state index contributed by atoms with van der Waals surface area (Å²) < 4.78 is 0. The van der Waals surface area contributed by atoms with Crippen molar-refractivity contribution in [2.24, 2.45) is 0 Å². The maximum Gasteiger partial charge on any atom is 0.214 e. The van der Waals surface area contributed by atoms with Gasteiger partial charge in [0.1, 0.15) is 0 Å². The molecule has 0 spiro atoms. The number of amides is 1. The molecule has 0 saturated heterocycles. The topological polar surface area (TPSA) is 33.2 Å². The van der Waals surface area contributed by atoms with Crippen molar-refractivity contribution in [1.29, 1.82) is 0 Å². The van der Waals surface area contributed by atoms with Crippen molar-refractivity contribution < 1.29 is 4.79 Å². The molecule has 2 aromatic rings. The van der Waals surface area contributed by atoms with Crippen LogP contribution in [-0.4, -0.2) is 17.9 Å². The summed E-state index contributed by atoms with van der Waals surface area (Å²) in [6, 6.07) is 6.32. The lowest BCUT2D eigenvalue weighted by Crippen LogP contribution is -2.18. The number of benzene rings is 1. The van der Waals surface area contributed by atoms with Crippen LogP contribution in [0.5, 0.6) is 0 Å². The first-order valence-electron chi connectivity index (χ1n) is 7.54. The van der Waals surface area contributed by atoms with Gasteiger partial charge in [0.15, 0.2) is 0 Å². The Morgan fingerprint density at radius 1 is 1.43 bits per heavy atom. The zero-order valence-corrected chi connectivity index (χ0v) is 12.6. The summed E-state index contributed by atoms with van der Waals surface area (Å²) in [6.07, 6.45) is 7.71. The van der Waals surface area contributed by atoms with E-state index in [2.05, 4.69) is 31.0 Å². The molecule has 108 valence electrons. The number of nitrogens with zero attached hydrogens (tertiary/aromatic N) is 2. The number of hydrogen-bond acceptors (Lipinski definition) is 2. The number of hydrogen-bond donors (Lipinski definition) is 0. The minimum atomic E-state index is 0.798. The number of aryl methyl sites for hydroxylation is 1. The highest BCUT2D eigenvalue weighted by Gasteiger charge is 2.25. The van der Waals surface area contributed by atoms with E-state index in [-0.39, 0.29) is 0 Å². The molecule has 21 heavy (non-hydrogen) atoms. The van der Waals surface area contributed by atoms with E-state index in [1.807, 2.05) is 17.2 Å². The Labute approximate surface area is 125 Å². The molecule has 0 bridgehead atoms. The second-order valence-electron chi connectivity index (χ2n) is 5.58. The third-order valence-electron chi connectivity index (χ3n) is 4.27. The highest BCUT2D eigenvalue weighted by atomic mass is 16.1. The summed E-state index contributed by atoms with van der Waals surface area (Å²) in [5.74, 6) is 0. The normalized spacial score (nSPS) is 13.3. The van der Waals surface area contributed by atoms with E-state index in [4.69, 9.17) is 0 Å². The Balaban J connectivity index is 2.21. The Morgan fingerprint density at radius 3 is 2.95 bits per heavy atom. The van der Waals surface area contributed by atoms with Gasteiger partial charge in [-0.05, 0) is 54.2 Å². The Morgan fingerprint density at radius 2 is 2.29 bits per heavy atom. The van der Waals surface area contributed by atoms with Crippen LogP contribution in [0.3, 0.4) is 0 Å². The number of rotatable bonds is 4. The standard InChI is InChI=1S/C18H20N2O/c1-3-5-14-10-17(15-6-4-8-19-11-15)13(2)16-7-9-20(12-21)18(14)16/h4,6,8,10-12H,3,5,7,9H2,1-2H3. The molecule has 1 aromatic heterocycles. The van der Waals surface area contributed by atoms with E-state index in [1.54, 1.807) is 6.20 Å². The smallest absolute Gasteiger partial charge is 0.214 e. The van der Waals surface area contributed by atoms with Gasteiger partial charge < -0.3 is 4.90 Å². The van der Waals surface area contributed by atoms with Crippen molar-refractivity contribution in [1.82, 2.24) is 4.98 Å². The maximum absolute atomic E-state index is 11.3. The van der Waals surface area contributed by atoms with Crippen LogP contribution in [0, 0.1) is 6.92 Å². The van der Waals surface area contributed by atoms with E-state index < -0.39 is 0 Å². The highest BCUT2D eigenvalue weighted by molar-refractivity contribution is 5.86. The zero-order chi connectivity index (χ0) is 14.8. The predicted octanol–water partition coefficient (Wildman–Crippen LogP) is 3.53. The van der Waals surface area contributed by atoms with Crippen molar-refractivity contribution in [2.45, 2.75) is 33.1 Å². The van der Waals surface area contributed by atoms with Crippen molar-refractivity contribution >= 4 is 12.1 Å². The fraction of sp³-hybridized carbons (Fsp3) is 0.333. The van der Waals surface area contributed by atoms with Crippen LogP contribution in [0.4, 0.5) is 5.69 Å². The first kappa shape index (κ1) is 13.8. The molecule has 1 aliphatic heterocycles. The van der Waals surface area contributed by atoms with Gasteiger partial charge in [-0.1, -0.05) is 19.4 Å². The summed E-state index contributed by atoms with van der Waals surface area (Å²) in [5, 5.41) is 0. The van der Waals surface area contributed by atoms with Gasteiger partial charge in [-0.3, -0.25) is 9.78 Å². The molecule has 0 atom stereocenters. The largest absolute Gasteiger partial charge is 0.314 e. The van der Waals surface area contributed by atoms with Crippen LogP contribution in [0.15, 0.2) is 30.6 Å². The van der Waals surface area contributed by atoms with Gasteiger partial charge >= 0.3 is 0 Å². The molecule has 0 fully saturated rings. The van der Waals surface area contributed by atoms with Gasteiger partial charge in [-0.25, -0.2) is 0 Å². The lowest BCUT2D eigenvalue weighted by atomic mass is 9.91. The monoisotopic (exact) mass is 280 g/mol. The molecule has 1 amide bonds. The van der Waals surface area contributed by atoms with Crippen LogP contribution >= 0.6 is 0 Å². The Hall–Kier alpha value is -2.16. The van der Waals surface area contributed by atoms with E-state index >= 15 is 0 Å². The van der Waals surface area contributed by atoms with Crippen LogP contribution in [0.2, 0.25) is 0 Å². The van der Waals surface area contributed by atoms with Crippen LogP contribution in [-0.2, 0) is 17.6 Å². The molecule has 0 radical (unpaired) electrons.